The van der Waals surface area contributed by atoms with Crippen LogP contribution in [-0.4, -0.2) is 9.67 Å². The molecule has 0 amide bonds. The molecular formula is C62H42N2O. The number of fused-ring (bicyclic) bond motifs is 5. The summed E-state index contributed by atoms with van der Waals surface area (Å²) in [6.45, 7) is 0. The SMILES string of the molecule is [2H]c1c([2H])c(-c2cc3c([2H])c([2H])c([2H])c([2H])c3c([2H])c2[2H])c(O)c(-c2c([2H])c([2H])c(N(c3ccc(-c4cccc(-n5c6ccccc6c6ccccc65)c4)cc3)c3ccc(-c4cccc5ccccc45)cc3)c([2H])c2[2H])c1[2H]. The molecule has 3 nitrogen and oxygen atoms in total. The van der Waals surface area contributed by atoms with Crippen molar-refractivity contribution in [2.45, 2.75) is 0 Å². The summed E-state index contributed by atoms with van der Waals surface area (Å²) in [5, 5.41) is 16.1. The molecule has 0 spiro atoms. The predicted octanol–water partition coefficient (Wildman–Crippen LogP) is 16.9. The molecule has 0 bridgehead atoms. The van der Waals surface area contributed by atoms with Crippen molar-refractivity contribution in [1.29, 1.82) is 0 Å². The summed E-state index contributed by atoms with van der Waals surface area (Å²) in [7, 11) is 0. The van der Waals surface area contributed by atoms with E-state index in [1.807, 2.05) is 127 Å². The van der Waals surface area contributed by atoms with Crippen molar-refractivity contribution in [1.82, 2.24) is 4.57 Å². The van der Waals surface area contributed by atoms with Crippen molar-refractivity contribution in [3.05, 3.63) is 248 Å². The van der Waals surface area contributed by atoms with Gasteiger partial charge in [-0.15, -0.1) is 0 Å². The van der Waals surface area contributed by atoms with Gasteiger partial charge in [0.15, 0.2) is 0 Å². The van der Waals surface area contributed by atoms with Crippen LogP contribution in [0, 0.1) is 0 Å². The van der Waals surface area contributed by atoms with Crippen LogP contribution < -0.4 is 4.90 Å². The highest BCUT2D eigenvalue weighted by Gasteiger charge is 2.17. The van der Waals surface area contributed by atoms with E-state index in [1.54, 1.807) is 4.90 Å². The predicted molar refractivity (Wildman–Crippen MR) is 274 cm³/mol. The molecule has 0 atom stereocenters. The third-order valence-corrected chi connectivity index (χ3v) is 11.9. The van der Waals surface area contributed by atoms with Crippen LogP contribution >= 0.6 is 0 Å². The number of phenols is 1. The minimum absolute atomic E-state index is 0.168. The molecule has 11 aromatic carbocycles. The highest BCUT2D eigenvalue weighted by molar-refractivity contribution is 6.09. The van der Waals surface area contributed by atoms with Gasteiger partial charge in [0.1, 0.15) is 5.75 Å². The Labute approximate surface area is 396 Å². The molecule has 0 saturated carbocycles. The molecule has 12 aromatic rings. The number of nitrogens with zero attached hydrogens (tertiary/aromatic N) is 2. The standard InChI is InChI=1S/C62H42N2O/c65-62-56(22-11-23-57(62)49-27-26-42-12-1-2-14-47(42)40-49)46-32-38-52(39-33-46)63(51-36-30-45(31-37-51)55-21-10-15-44-13-3-4-18-54(44)55)50-34-28-43(29-35-50)48-16-9-17-53(41-48)64-60-24-7-5-19-58(60)59-20-6-8-25-61(59)64/h1-41,65H/i1D,2D,11D,12D,14D,22D,23D,26D,27D,32D,33D,38D,39D. The van der Waals surface area contributed by atoms with E-state index >= 15 is 0 Å². The van der Waals surface area contributed by atoms with Crippen molar-refractivity contribution in [3.8, 4) is 55.9 Å². The fourth-order valence-corrected chi connectivity index (χ4v) is 8.79. The number of anilines is 3. The van der Waals surface area contributed by atoms with Crippen LogP contribution in [-0.2, 0) is 0 Å². The summed E-state index contributed by atoms with van der Waals surface area (Å²) >= 11 is 0. The molecule has 0 unspecified atom stereocenters. The smallest absolute Gasteiger partial charge is 0.131 e. The number of phenolic OH excluding ortho intramolecular Hbond substituents is 1. The van der Waals surface area contributed by atoms with Crippen LogP contribution in [0.4, 0.5) is 17.1 Å². The molecule has 65 heavy (non-hydrogen) atoms. The van der Waals surface area contributed by atoms with Gasteiger partial charge in [-0.05, 0) is 122 Å². The van der Waals surface area contributed by atoms with Crippen LogP contribution in [0.3, 0.4) is 0 Å². The summed E-state index contributed by atoms with van der Waals surface area (Å²) in [5.74, 6) is -0.943. The molecular weight excluding hydrogens is 789 g/mol. The third kappa shape index (κ3) is 6.78. The van der Waals surface area contributed by atoms with E-state index in [2.05, 4.69) is 41.0 Å². The van der Waals surface area contributed by atoms with Gasteiger partial charge in [0, 0.05) is 44.6 Å². The topological polar surface area (TPSA) is 28.4 Å². The lowest BCUT2D eigenvalue weighted by Gasteiger charge is -2.26. The molecule has 0 radical (unpaired) electrons. The largest absolute Gasteiger partial charge is 0.507 e. The van der Waals surface area contributed by atoms with Crippen molar-refractivity contribution >= 4 is 60.4 Å². The Kier molecular flexibility index (Phi) is 6.54. The zero-order valence-electron chi connectivity index (χ0n) is 47.5. The number of rotatable bonds is 8. The van der Waals surface area contributed by atoms with Crippen LogP contribution in [0.1, 0.15) is 17.8 Å². The number of benzene rings is 11. The summed E-state index contributed by atoms with van der Waals surface area (Å²) in [6, 6.07) is 46.5. The fraction of sp³-hybridized carbons (Fsp3) is 0. The van der Waals surface area contributed by atoms with Crippen LogP contribution in [0.5, 0.6) is 5.75 Å². The highest BCUT2D eigenvalue weighted by atomic mass is 16.3. The van der Waals surface area contributed by atoms with Gasteiger partial charge in [0.05, 0.1) is 28.9 Å². The molecule has 1 heterocycles. The number of para-hydroxylation sites is 3. The first-order valence-electron chi connectivity index (χ1n) is 27.6. The quantitative estimate of drug-likeness (QED) is 0.165. The van der Waals surface area contributed by atoms with Gasteiger partial charge in [-0.3, -0.25) is 0 Å². The van der Waals surface area contributed by atoms with E-state index in [0.717, 1.165) is 66.6 Å². The molecule has 0 aliphatic rings. The number of hydrogen-bond donors (Lipinski definition) is 1. The molecule has 0 saturated heterocycles. The maximum absolute atomic E-state index is 12.2. The lowest BCUT2D eigenvalue weighted by Crippen LogP contribution is -2.09. The number of aromatic nitrogens is 1. The Morgan fingerprint density at radius 3 is 1.66 bits per heavy atom. The maximum Gasteiger partial charge on any atom is 0.131 e. The highest BCUT2D eigenvalue weighted by Crippen LogP contribution is 2.42. The minimum Gasteiger partial charge on any atom is -0.507 e. The number of hydrogen-bond acceptors (Lipinski definition) is 2. The van der Waals surface area contributed by atoms with Gasteiger partial charge in [-0.25, -0.2) is 0 Å². The van der Waals surface area contributed by atoms with Crippen molar-refractivity contribution in [3.63, 3.8) is 0 Å². The zero-order valence-corrected chi connectivity index (χ0v) is 34.5. The maximum atomic E-state index is 12.2. The van der Waals surface area contributed by atoms with Crippen molar-refractivity contribution in [2.24, 2.45) is 0 Å². The Morgan fingerprint density at radius 2 is 0.938 bits per heavy atom. The minimum atomic E-state index is -0.943. The lowest BCUT2D eigenvalue weighted by molar-refractivity contribution is 0.479. The average Bonchev–Trinajstić information content (AvgIpc) is 3.96. The first-order valence-corrected chi connectivity index (χ1v) is 21.1. The van der Waals surface area contributed by atoms with E-state index in [1.165, 1.54) is 0 Å². The average molecular weight is 844 g/mol. The first-order chi connectivity index (χ1) is 37.6. The summed E-state index contributed by atoms with van der Waals surface area (Å²) < 4.78 is 119. The molecule has 0 aliphatic heterocycles. The van der Waals surface area contributed by atoms with Gasteiger partial charge >= 0.3 is 0 Å². The van der Waals surface area contributed by atoms with Gasteiger partial charge in [0.2, 0.25) is 0 Å². The number of aromatic hydroxyl groups is 1. The van der Waals surface area contributed by atoms with E-state index in [4.69, 9.17) is 12.3 Å². The Bertz CT molecular complexity index is 4410. The summed E-state index contributed by atoms with van der Waals surface area (Å²) in [4.78, 5) is 1.62. The van der Waals surface area contributed by atoms with Gasteiger partial charge < -0.3 is 14.6 Å². The van der Waals surface area contributed by atoms with Gasteiger partial charge in [-0.2, -0.15) is 0 Å². The van der Waals surface area contributed by atoms with Crippen LogP contribution in [0.25, 0.3) is 93.5 Å². The monoisotopic (exact) mass is 843 g/mol. The molecule has 12 rings (SSSR count). The van der Waals surface area contributed by atoms with Crippen LogP contribution in [0.15, 0.2) is 248 Å². The Balaban J connectivity index is 1.01. The lowest BCUT2D eigenvalue weighted by atomic mass is 9.95. The molecule has 1 aromatic heterocycles. The summed E-state index contributed by atoms with van der Waals surface area (Å²) in [5.41, 5.74) is 5.42. The second kappa shape index (κ2) is 15.9. The van der Waals surface area contributed by atoms with Crippen molar-refractivity contribution in [2.75, 3.05) is 4.90 Å². The van der Waals surface area contributed by atoms with Crippen molar-refractivity contribution < 1.29 is 22.9 Å². The van der Waals surface area contributed by atoms with E-state index in [-0.39, 0.29) is 22.0 Å². The Morgan fingerprint density at radius 1 is 0.354 bits per heavy atom. The second-order valence-corrected chi connectivity index (χ2v) is 15.7. The second-order valence-electron chi connectivity index (χ2n) is 15.7. The fourth-order valence-electron chi connectivity index (χ4n) is 8.79. The molecule has 3 heteroatoms. The van der Waals surface area contributed by atoms with Gasteiger partial charge in [-0.1, -0.05) is 182 Å². The van der Waals surface area contributed by atoms with E-state index in [0.29, 0.717) is 11.4 Å². The van der Waals surface area contributed by atoms with Crippen LogP contribution in [0.2, 0.25) is 0 Å². The summed E-state index contributed by atoms with van der Waals surface area (Å²) in [6.07, 6.45) is 0. The Hall–Kier alpha value is -8.66. The normalized spacial score (nSPS) is 14.2. The van der Waals surface area contributed by atoms with Gasteiger partial charge in [0.25, 0.3) is 0 Å². The zero-order chi connectivity index (χ0) is 54.6. The van der Waals surface area contributed by atoms with E-state index < -0.39 is 101 Å². The molecule has 306 valence electrons. The third-order valence-electron chi connectivity index (χ3n) is 11.9. The van der Waals surface area contributed by atoms with E-state index in [9.17, 15) is 10.6 Å². The molecule has 1 N–H and O–H groups in total. The first kappa shape index (κ1) is 26.7. The molecule has 0 aliphatic carbocycles. The molecule has 0 fully saturated rings.